The molecule has 1 aromatic heterocycles. The van der Waals surface area contributed by atoms with Crippen LogP contribution in [0.3, 0.4) is 0 Å². The number of aryl methyl sites for hydroxylation is 1. The molecule has 2 aromatic rings. The van der Waals surface area contributed by atoms with E-state index in [1.165, 1.54) is 18.2 Å². The first-order chi connectivity index (χ1) is 13.7. The van der Waals surface area contributed by atoms with Crippen LogP contribution in [0, 0.1) is 12.8 Å². The molecule has 6 nitrogen and oxygen atoms in total. The molecule has 0 unspecified atom stereocenters. The summed E-state index contributed by atoms with van der Waals surface area (Å²) in [7, 11) is 0. The van der Waals surface area contributed by atoms with Gasteiger partial charge in [0.05, 0.1) is 5.56 Å². The highest BCUT2D eigenvalue weighted by molar-refractivity contribution is 6.28. The van der Waals surface area contributed by atoms with E-state index in [0.717, 1.165) is 18.9 Å². The zero-order valence-electron chi connectivity index (χ0n) is 15.8. The van der Waals surface area contributed by atoms with Gasteiger partial charge in [0, 0.05) is 18.5 Å². The number of anilines is 1. The Morgan fingerprint density at radius 2 is 1.83 bits per heavy atom. The number of rotatable bonds is 5. The van der Waals surface area contributed by atoms with Crippen LogP contribution in [-0.4, -0.2) is 26.9 Å². The molecule has 1 aromatic carbocycles. The molecule has 29 heavy (non-hydrogen) atoms. The van der Waals surface area contributed by atoms with Crippen molar-refractivity contribution in [1.29, 1.82) is 0 Å². The van der Waals surface area contributed by atoms with Crippen LogP contribution in [0.15, 0.2) is 24.3 Å². The lowest BCUT2D eigenvalue weighted by atomic mass is 9.85. The van der Waals surface area contributed by atoms with Gasteiger partial charge >= 0.3 is 6.18 Å². The molecule has 0 radical (unpaired) electrons. The minimum atomic E-state index is -4.44. The SMILES string of the molecule is Cc1nc(Cl)nc(NC2CCC(C(=O)NCc3ccccc3C(F)(F)F)CC2)n1. The summed E-state index contributed by atoms with van der Waals surface area (Å²) < 4.78 is 39.2. The van der Waals surface area contributed by atoms with Crippen LogP contribution >= 0.6 is 11.6 Å². The fourth-order valence-corrected chi connectivity index (χ4v) is 3.68. The van der Waals surface area contributed by atoms with Gasteiger partial charge < -0.3 is 10.6 Å². The summed E-state index contributed by atoms with van der Waals surface area (Å²) in [6.07, 6.45) is -1.75. The molecule has 1 fully saturated rings. The van der Waals surface area contributed by atoms with Crippen molar-refractivity contribution in [2.75, 3.05) is 5.32 Å². The molecule has 0 saturated heterocycles. The zero-order chi connectivity index (χ0) is 21.0. The summed E-state index contributed by atoms with van der Waals surface area (Å²) in [4.78, 5) is 24.6. The fourth-order valence-electron chi connectivity index (χ4n) is 3.47. The minimum absolute atomic E-state index is 0.0609. The maximum absolute atomic E-state index is 13.1. The molecule has 0 atom stereocenters. The quantitative estimate of drug-likeness (QED) is 0.749. The van der Waals surface area contributed by atoms with Gasteiger partial charge in [-0.15, -0.1) is 0 Å². The van der Waals surface area contributed by atoms with E-state index >= 15 is 0 Å². The number of carbonyl (C=O) groups excluding carboxylic acids is 1. The highest BCUT2D eigenvalue weighted by Gasteiger charge is 2.33. The maximum atomic E-state index is 13.1. The van der Waals surface area contributed by atoms with Crippen molar-refractivity contribution in [2.45, 2.75) is 51.4 Å². The normalized spacial score (nSPS) is 19.6. The summed E-state index contributed by atoms with van der Waals surface area (Å²) in [5.41, 5.74) is -0.662. The predicted molar refractivity (Wildman–Crippen MR) is 102 cm³/mol. The fraction of sp³-hybridized carbons (Fsp3) is 0.474. The molecule has 0 spiro atoms. The number of alkyl halides is 3. The van der Waals surface area contributed by atoms with Crippen molar-refractivity contribution >= 4 is 23.5 Å². The lowest BCUT2D eigenvalue weighted by molar-refractivity contribution is -0.138. The van der Waals surface area contributed by atoms with Gasteiger partial charge in [-0.05, 0) is 55.8 Å². The molecule has 10 heteroatoms. The molecular weight excluding hydrogens is 407 g/mol. The molecule has 1 aliphatic carbocycles. The standard InChI is InChI=1S/C19H21ClF3N5O/c1-11-25-17(20)28-18(26-11)27-14-8-6-12(7-9-14)16(29)24-10-13-4-2-3-5-15(13)19(21,22)23/h2-5,12,14H,6-10H2,1H3,(H,24,29)(H,25,26,27,28). The van der Waals surface area contributed by atoms with Crippen molar-refractivity contribution in [3.05, 3.63) is 46.5 Å². The first-order valence-corrected chi connectivity index (χ1v) is 9.67. The second-order valence-electron chi connectivity index (χ2n) is 7.04. The van der Waals surface area contributed by atoms with E-state index < -0.39 is 11.7 Å². The Balaban J connectivity index is 1.51. The van der Waals surface area contributed by atoms with Crippen LogP contribution in [0.5, 0.6) is 0 Å². The third-order valence-corrected chi connectivity index (χ3v) is 5.10. The van der Waals surface area contributed by atoms with E-state index in [-0.39, 0.29) is 35.3 Å². The van der Waals surface area contributed by atoms with Gasteiger partial charge in [-0.25, -0.2) is 4.98 Å². The summed E-state index contributed by atoms with van der Waals surface area (Å²) >= 11 is 5.83. The van der Waals surface area contributed by atoms with Crippen LogP contribution in [0.2, 0.25) is 5.28 Å². The monoisotopic (exact) mass is 427 g/mol. The molecule has 1 saturated carbocycles. The van der Waals surface area contributed by atoms with E-state index in [9.17, 15) is 18.0 Å². The third-order valence-electron chi connectivity index (χ3n) is 4.93. The summed E-state index contributed by atoms with van der Waals surface area (Å²) in [5.74, 6) is 0.466. The highest BCUT2D eigenvalue weighted by Crippen LogP contribution is 2.32. The lowest BCUT2D eigenvalue weighted by Crippen LogP contribution is -2.36. The molecule has 0 aliphatic heterocycles. The van der Waals surface area contributed by atoms with Gasteiger partial charge in [0.2, 0.25) is 17.1 Å². The van der Waals surface area contributed by atoms with E-state index in [4.69, 9.17) is 11.6 Å². The first kappa shape index (κ1) is 21.3. The number of carbonyl (C=O) groups is 1. The van der Waals surface area contributed by atoms with Gasteiger partial charge in [0.15, 0.2) is 0 Å². The van der Waals surface area contributed by atoms with Gasteiger partial charge in [0.25, 0.3) is 0 Å². The second-order valence-corrected chi connectivity index (χ2v) is 7.38. The average Bonchev–Trinajstić information content (AvgIpc) is 2.65. The number of amides is 1. The number of hydrogen-bond acceptors (Lipinski definition) is 5. The topological polar surface area (TPSA) is 79.8 Å². The number of benzene rings is 1. The van der Waals surface area contributed by atoms with Gasteiger partial charge in [-0.2, -0.15) is 23.1 Å². The minimum Gasteiger partial charge on any atom is -0.352 e. The molecule has 1 aliphatic rings. The maximum Gasteiger partial charge on any atom is 0.416 e. The van der Waals surface area contributed by atoms with Crippen molar-refractivity contribution in [3.8, 4) is 0 Å². The van der Waals surface area contributed by atoms with Gasteiger partial charge in [-0.1, -0.05) is 18.2 Å². The summed E-state index contributed by atoms with van der Waals surface area (Å²) in [5, 5.41) is 5.97. The lowest BCUT2D eigenvalue weighted by Gasteiger charge is -2.28. The van der Waals surface area contributed by atoms with Gasteiger partial charge in [0.1, 0.15) is 5.82 Å². The third kappa shape index (κ3) is 5.79. The van der Waals surface area contributed by atoms with E-state index in [1.807, 2.05) is 0 Å². The summed E-state index contributed by atoms with van der Waals surface area (Å²) in [6.45, 7) is 1.58. The average molecular weight is 428 g/mol. The highest BCUT2D eigenvalue weighted by atomic mass is 35.5. The molecule has 3 rings (SSSR count). The Morgan fingerprint density at radius 3 is 2.48 bits per heavy atom. The Labute approximate surface area is 171 Å². The predicted octanol–water partition coefficient (Wildman–Crippen LogP) is 4.14. The Bertz CT molecular complexity index is 849. The first-order valence-electron chi connectivity index (χ1n) is 9.30. The number of nitrogens with one attached hydrogen (secondary N) is 2. The Hall–Kier alpha value is -2.42. The molecule has 1 heterocycles. The molecule has 2 N–H and O–H groups in total. The smallest absolute Gasteiger partial charge is 0.352 e. The Kier molecular flexibility index (Phi) is 6.56. The van der Waals surface area contributed by atoms with Gasteiger partial charge in [-0.3, -0.25) is 4.79 Å². The van der Waals surface area contributed by atoms with E-state index in [1.54, 1.807) is 6.92 Å². The van der Waals surface area contributed by atoms with Crippen LogP contribution in [0.4, 0.5) is 19.1 Å². The second kappa shape index (κ2) is 8.94. The molecule has 0 bridgehead atoms. The number of hydrogen-bond donors (Lipinski definition) is 2. The largest absolute Gasteiger partial charge is 0.416 e. The van der Waals surface area contributed by atoms with Crippen LogP contribution in [0.25, 0.3) is 0 Å². The van der Waals surface area contributed by atoms with Crippen molar-refractivity contribution < 1.29 is 18.0 Å². The Morgan fingerprint density at radius 1 is 1.14 bits per heavy atom. The molecular formula is C19H21ClF3N5O. The molecule has 1 amide bonds. The number of halogens is 4. The number of aromatic nitrogens is 3. The molecule has 156 valence electrons. The van der Waals surface area contributed by atoms with Crippen LogP contribution in [0.1, 0.15) is 42.6 Å². The van der Waals surface area contributed by atoms with Crippen molar-refractivity contribution in [1.82, 2.24) is 20.3 Å². The zero-order valence-corrected chi connectivity index (χ0v) is 16.5. The van der Waals surface area contributed by atoms with Crippen molar-refractivity contribution in [3.63, 3.8) is 0 Å². The van der Waals surface area contributed by atoms with Crippen LogP contribution in [-0.2, 0) is 17.5 Å². The number of nitrogens with zero attached hydrogens (tertiary/aromatic N) is 3. The van der Waals surface area contributed by atoms with Crippen molar-refractivity contribution in [2.24, 2.45) is 5.92 Å². The van der Waals surface area contributed by atoms with Crippen LogP contribution < -0.4 is 10.6 Å². The van der Waals surface area contributed by atoms with E-state index in [0.29, 0.717) is 24.6 Å². The van der Waals surface area contributed by atoms with E-state index in [2.05, 4.69) is 25.6 Å². The summed E-state index contributed by atoms with van der Waals surface area (Å²) in [6, 6.07) is 5.37.